The van der Waals surface area contributed by atoms with Gasteiger partial charge in [-0.3, -0.25) is 0 Å². The van der Waals surface area contributed by atoms with E-state index in [0.29, 0.717) is 0 Å². The van der Waals surface area contributed by atoms with Gasteiger partial charge in [0.15, 0.2) is 0 Å². The Hall–Kier alpha value is -0.350. The minimum atomic E-state index is -0.992. The Morgan fingerprint density at radius 3 is 1.81 bits per heavy atom. The zero-order valence-corrected chi connectivity index (χ0v) is 12.3. The summed E-state index contributed by atoms with van der Waals surface area (Å²) in [5.41, 5.74) is 1.60. The molecule has 0 heterocycles. The lowest BCUT2D eigenvalue weighted by Crippen LogP contribution is -2.28. The molecule has 0 saturated heterocycles. The second kappa shape index (κ2) is 5.82. The summed E-state index contributed by atoms with van der Waals surface area (Å²) in [6.45, 7) is 12.0. The maximum atomic E-state index is 2.41. The zero-order valence-electron chi connectivity index (χ0n) is 11.4. The van der Waals surface area contributed by atoms with E-state index in [2.05, 4.69) is 65.0 Å². The maximum absolute atomic E-state index is 2.41. The molecule has 0 atom stereocenters. The monoisotopic (exact) mass is 237 g/mol. The Labute approximate surface area is 102 Å². The first kappa shape index (κ1) is 13.7. The fraction of sp³-hybridized carbons (Fsp3) is 0.600. The summed E-state index contributed by atoms with van der Waals surface area (Å²) in [4.78, 5) is 0. The molecule has 0 aromatic heterocycles. The van der Waals surface area contributed by atoms with Crippen LogP contribution >= 0.6 is 7.26 Å². The van der Waals surface area contributed by atoms with E-state index in [9.17, 15) is 0 Å². The summed E-state index contributed by atoms with van der Waals surface area (Å²) in [6, 6.07) is 11.2. The van der Waals surface area contributed by atoms with Crippen LogP contribution in [0.5, 0.6) is 0 Å². The van der Waals surface area contributed by atoms with Crippen molar-refractivity contribution in [2.45, 2.75) is 52.4 Å². The van der Waals surface area contributed by atoms with Gasteiger partial charge < -0.3 is 0 Å². The first-order valence-corrected chi connectivity index (χ1v) is 8.60. The van der Waals surface area contributed by atoms with Gasteiger partial charge in [0.1, 0.15) is 0 Å². The van der Waals surface area contributed by atoms with Gasteiger partial charge >= 0.3 is 0 Å². The average Bonchev–Trinajstić information content (AvgIpc) is 2.26. The maximum Gasteiger partial charge on any atom is 0.0944 e. The van der Waals surface area contributed by atoms with Crippen molar-refractivity contribution in [2.24, 2.45) is 0 Å². The standard InChI is InChI=1S/C15H26P/c1-6-12-16(13(2)3,14(4)5)15-10-8-7-9-11-15/h7-11,13-14H,6,12H2,1-5H3/q+1. The highest BCUT2D eigenvalue weighted by molar-refractivity contribution is 7.84. The van der Waals surface area contributed by atoms with E-state index < -0.39 is 7.26 Å². The van der Waals surface area contributed by atoms with Crippen molar-refractivity contribution in [1.82, 2.24) is 0 Å². The van der Waals surface area contributed by atoms with Crippen LogP contribution in [-0.2, 0) is 0 Å². The van der Waals surface area contributed by atoms with Crippen LogP contribution in [0.2, 0.25) is 0 Å². The third-order valence-corrected chi connectivity index (χ3v) is 9.81. The van der Waals surface area contributed by atoms with Gasteiger partial charge in [-0.25, -0.2) is 0 Å². The molecule has 0 bridgehead atoms. The lowest BCUT2D eigenvalue weighted by Gasteiger charge is -2.34. The lowest BCUT2D eigenvalue weighted by molar-refractivity contribution is 0.955. The topological polar surface area (TPSA) is 0 Å². The first-order valence-electron chi connectivity index (χ1n) is 6.48. The largest absolute Gasteiger partial charge is 0.0944 e. The molecular weight excluding hydrogens is 211 g/mol. The van der Waals surface area contributed by atoms with Gasteiger partial charge in [-0.15, -0.1) is 0 Å². The van der Waals surface area contributed by atoms with E-state index in [1.165, 1.54) is 12.6 Å². The van der Waals surface area contributed by atoms with Crippen molar-refractivity contribution >= 4 is 12.6 Å². The third-order valence-electron chi connectivity index (χ3n) is 3.67. The van der Waals surface area contributed by atoms with Gasteiger partial charge in [0.25, 0.3) is 0 Å². The van der Waals surface area contributed by atoms with Gasteiger partial charge in [-0.2, -0.15) is 0 Å². The predicted molar refractivity (Wildman–Crippen MR) is 78.4 cm³/mol. The minimum Gasteiger partial charge on any atom is -0.0620 e. The number of benzene rings is 1. The molecule has 0 saturated carbocycles. The molecule has 1 aromatic rings. The van der Waals surface area contributed by atoms with E-state index in [1.807, 2.05) is 0 Å². The lowest BCUT2D eigenvalue weighted by atomic mass is 10.4. The van der Waals surface area contributed by atoms with Crippen LogP contribution in [0.25, 0.3) is 0 Å². The van der Waals surface area contributed by atoms with Crippen molar-refractivity contribution in [1.29, 1.82) is 0 Å². The minimum absolute atomic E-state index is 0.801. The highest BCUT2D eigenvalue weighted by Gasteiger charge is 2.45. The number of hydrogen-bond donors (Lipinski definition) is 0. The normalized spacial score (nSPS) is 12.4. The van der Waals surface area contributed by atoms with E-state index in [4.69, 9.17) is 0 Å². The highest BCUT2D eigenvalue weighted by atomic mass is 31.2. The smallest absolute Gasteiger partial charge is 0.0620 e. The Kier molecular flexibility index (Phi) is 4.99. The van der Waals surface area contributed by atoms with E-state index >= 15 is 0 Å². The summed E-state index contributed by atoms with van der Waals surface area (Å²) < 4.78 is 0. The van der Waals surface area contributed by atoms with Crippen LogP contribution in [0.4, 0.5) is 0 Å². The Bertz CT molecular complexity index is 292. The molecule has 90 valence electrons. The average molecular weight is 237 g/mol. The molecule has 0 aliphatic rings. The van der Waals surface area contributed by atoms with Crippen LogP contribution in [0.3, 0.4) is 0 Å². The second-order valence-electron chi connectivity index (χ2n) is 5.18. The highest BCUT2D eigenvalue weighted by Crippen LogP contribution is 2.65. The molecule has 0 spiro atoms. The molecule has 0 N–H and O–H groups in total. The Morgan fingerprint density at radius 2 is 1.44 bits per heavy atom. The number of hydrogen-bond acceptors (Lipinski definition) is 0. The summed E-state index contributed by atoms with van der Waals surface area (Å²) in [5.74, 6) is 0. The molecule has 0 radical (unpaired) electrons. The summed E-state index contributed by atoms with van der Waals surface area (Å²) in [5, 5.41) is 1.63. The molecule has 1 aromatic carbocycles. The van der Waals surface area contributed by atoms with Gasteiger partial charge in [-0.05, 0) is 46.2 Å². The molecule has 0 aliphatic heterocycles. The summed E-state index contributed by atoms with van der Waals surface area (Å²) in [7, 11) is -0.992. The second-order valence-corrected chi connectivity index (χ2v) is 10.1. The van der Waals surface area contributed by atoms with Gasteiger partial charge in [0.2, 0.25) is 0 Å². The quantitative estimate of drug-likeness (QED) is 0.659. The fourth-order valence-corrected chi connectivity index (χ4v) is 8.06. The Balaban J connectivity index is 3.21. The van der Waals surface area contributed by atoms with Crippen molar-refractivity contribution in [3.05, 3.63) is 30.3 Å². The number of rotatable bonds is 5. The van der Waals surface area contributed by atoms with Gasteiger partial charge in [0, 0.05) is 0 Å². The molecule has 0 nitrogen and oxygen atoms in total. The third kappa shape index (κ3) is 2.48. The van der Waals surface area contributed by atoms with Crippen molar-refractivity contribution in [2.75, 3.05) is 6.16 Å². The summed E-state index contributed by atoms with van der Waals surface area (Å²) >= 11 is 0. The Morgan fingerprint density at radius 1 is 0.938 bits per heavy atom. The molecule has 16 heavy (non-hydrogen) atoms. The summed E-state index contributed by atoms with van der Waals surface area (Å²) in [6.07, 6.45) is 2.70. The first-order chi connectivity index (χ1) is 7.55. The van der Waals surface area contributed by atoms with Crippen LogP contribution in [0, 0.1) is 0 Å². The molecule has 0 fully saturated rings. The van der Waals surface area contributed by atoms with Crippen LogP contribution < -0.4 is 5.30 Å². The van der Waals surface area contributed by atoms with Crippen molar-refractivity contribution in [3.63, 3.8) is 0 Å². The SMILES string of the molecule is CCC[P+](c1ccccc1)(C(C)C)C(C)C. The van der Waals surface area contributed by atoms with E-state index in [1.54, 1.807) is 5.30 Å². The molecule has 0 amide bonds. The fourth-order valence-electron chi connectivity index (χ4n) is 2.91. The van der Waals surface area contributed by atoms with Crippen LogP contribution in [0.1, 0.15) is 41.0 Å². The molecule has 0 aliphatic carbocycles. The van der Waals surface area contributed by atoms with E-state index in [0.717, 1.165) is 11.3 Å². The van der Waals surface area contributed by atoms with Gasteiger partial charge in [0.05, 0.1) is 30.0 Å². The van der Waals surface area contributed by atoms with Crippen molar-refractivity contribution < 1.29 is 0 Å². The molecular formula is C15H26P+. The zero-order chi connectivity index (χ0) is 12.2. The molecule has 1 heteroatoms. The van der Waals surface area contributed by atoms with Gasteiger partial charge in [-0.1, -0.05) is 25.1 Å². The van der Waals surface area contributed by atoms with E-state index in [-0.39, 0.29) is 0 Å². The molecule has 1 rings (SSSR count). The predicted octanol–water partition coefficient (Wildman–Crippen LogP) is 4.56. The van der Waals surface area contributed by atoms with Crippen LogP contribution in [-0.4, -0.2) is 17.5 Å². The van der Waals surface area contributed by atoms with Crippen LogP contribution in [0.15, 0.2) is 30.3 Å². The molecule has 0 unspecified atom stereocenters. The van der Waals surface area contributed by atoms with Crippen molar-refractivity contribution in [3.8, 4) is 0 Å².